The molecular formula is C16H14BrN5O3. The van der Waals surface area contributed by atoms with Gasteiger partial charge in [-0.1, -0.05) is 0 Å². The van der Waals surface area contributed by atoms with Crippen molar-refractivity contribution in [2.75, 3.05) is 19.5 Å². The first-order valence-corrected chi connectivity index (χ1v) is 7.98. The van der Waals surface area contributed by atoms with Crippen LogP contribution in [0.25, 0.3) is 5.69 Å². The molecule has 2 aromatic carbocycles. The van der Waals surface area contributed by atoms with Crippen LogP contribution in [-0.4, -0.2) is 40.3 Å². The largest absolute Gasteiger partial charge is 0.496 e. The van der Waals surface area contributed by atoms with Gasteiger partial charge in [0.05, 0.1) is 18.7 Å². The predicted octanol–water partition coefficient (Wildman–Crippen LogP) is 2.69. The van der Waals surface area contributed by atoms with E-state index in [2.05, 4.69) is 36.8 Å². The topological polar surface area (TPSA) is 91.2 Å². The number of halogens is 1. The minimum Gasteiger partial charge on any atom is -0.496 e. The van der Waals surface area contributed by atoms with Crippen LogP contribution in [0.4, 0.5) is 5.69 Å². The van der Waals surface area contributed by atoms with E-state index in [0.29, 0.717) is 32.9 Å². The number of anilines is 1. The molecule has 0 atom stereocenters. The first-order chi connectivity index (χ1) is 12.1. The molecule has 0 spiro atoms. The Morgan fingerprint density at radius 1 is 1.12 bits per heavy atom. The van der Waals surface area contributed by atoms with Crippen LogP contribution >= 0.6 is 15.9 Å². The zero-order valence-corrected chi connectivity index (χ0v) is 15.0. The van der Waals surface area contributed by atoms with Gasteiger partial charge in [0.15, 0.2) is 0 Å². The summed E-state index contributed by atoms with van der Waals surface area (Å²) in [6.45, 7) is 0. The quantitative estimate of drug-likeness (QED) is 0.703. The maximum Gasteiger partial charge on any atom is 0.255 e. The van der Waals surface area contributed by atoms with E-state index in [1.807, 2.05) is 0 Å². The van der Waals surface area contributed by atoms with Crippen molar-refractivity contribution in [3.63, 3.8) is 0 Å². The first-order valence-electron chi connectivity index (χ1n) is 7.18. The third kappa shape index (κ3) is 3.61. The SMILES string of the molecule is COc1ccc(C(=O)Nc2ccc(OC)c(-n3cnnn3)c2)cc1Br. The molecule has 0 saturated carbocycles. The summed E-state index contributed by atoms with van der Waals surface area (Å²) in [4.78, 5) is 12.5. The second-order valence-corrected chi connectivity index (χ2v) is 5.80. The molecule has 0 unspecified atom stereocenters. The summed E-state index contributed by atoms with van der Waals surface area (Å²) in [6.07, 6.45) is 1.45. The Balaban J connectivity index is 1.86. The number of hydrogen-bond donors (Lipinski definition) is 1. The zero-order chi connectivity index (χ0) is 17.8. The van der Waals surface area contributed by atoms with Crippen molar-refractivity contribution in [3.8, 4) is 17.2 Å². The van der Waals surface area contributed by atoms with Crippen molar-refractivity contribution in [2.45, 2.75) is 0 Å². The summed E-state index contributed by atoms with van der Waals surface area (Å²) in [5, 5.41) is 13.9. The van der Waals surface area contributed by atoms with E-state index in [9.17, 15) is 4.79 Å². The van der Waals surface area contributed by atoms with E-state index in [4.69, 9.17) is 9.47 Å². The Labute approximate surface area is 151 Å². The van der Waals surface area contributed by atoms with Crippen molar-refractivity contribution in [3.05, 3.63) is 52.8 Å². The van der Waals surface area contributed by atoms with Crippen LogP contribution in [0, 0.1) is 0 Å². The molecule has 3 rings (SSSR count). The summed E-state index contributed by atoms with van der Waals surface area (Å²) >= 11 is 3.37. The molecule has 25 heavy (non-hydrogen) atoms. The molecule has 0 fully saturated rings. The first kappa shape index (κ1) is 16.9. The summed E-state index contributed by atoms with van der Waals surface area (Å²) in [5.74, 6) is 0.982. The van der Waals surface area contributed by atoms with Gasteiger partial charge < -0.3 is 14.8 Å². The van der Waals surface area contributed by atoms with E-state index in [0.717, 1.165) is 0 Å². The Morgan fingerprint density at radius 2 is 1.88 bits per heavy atom. The summed E-state index contributed by atoms with van der Waals surface area (Å²) in [7, 11) is 3.12. The Kier molecular flexibility index (Phi) is 4.94. The fourth-order valence-electron chi connectivity index (χ4n) is 2.23. The van der Waals surface area contributed by atoms with Gasteiger partial charge in [0.1, 0.15) is 23.5 Å². The van der Waals surface area contributed by atoms with E-state index in [-0.39, 0.29) is 5.91 Å². The van der Waals surface area contributed by atoms with Gasteiger partial charge in [0, 0.05) is 11.3 Å². The molecule has 8 nitrogen and oxygen atoms in total. The Morgan fingerprint density at radius 3 is 2.52 bits per heavy atom. The molecule has 0 aliphatic rings. The van der Waals surface area contributed by atoms with Crippen LogP contribution in [0.5, 0.6) is 11.5 Å². The molecule has 128 valence electrons. The molecule has 0 radical (unpaired) electrons. The maximum atomic E-state index is 12.5. The minimum atomic E-state index is -0.254. The smallest absolute Gasteiger partial charge is 0.255 e. The van der Waals surface area contributed by atoms with Crippen molar-refractivity contribution in [2.24, 2.45) is 0 Å². The predicted molar refractivity (Wildman–Crippen MR) is 94.4 cm³/mol. The van der Waals surface area contributed by atoms with Crippen molar-refractivity contribution < 1.29 is 14.3 Å². The van der Waals surface area contributed by atoms with Gasteiger partial charge in [0.2, 0.25) is 0 Å². The molecular weight excluding hydrogens is 390 g/mol. The molecule has 9 heteroatoms. The van der Waals surface area contributed by atoms with Gasteiger partial charge >= 0.3 is 0 Å². The van der Waals surface area contributed by atoms with Gasteiger partial charge in [0.25, 0.3) is 5.91 Å². The van der Waals surface area contributed by atoms with Gasteiger partial charge in [-0.05, 0) is 62.8 Å². The van der Waals surface area contributed by atoms with Crippen LogP contribution in [0.2, 0.25) is 0 Å². The number of nitrogens with zero attached hydrogens (tertiary/aromatic N) is 4. The number of rotatable bonds is 5. The molecule has 3 aromatic rings. The number of hydrogen-bond acceptors (Lipinski definition) is 6. The lowest BCUT2D eigenvalue weighted by atomic mass is 10.2. The van der Waals surface area contributed by atoms with Gasteiger partial charge in [-0.2, -0.15) is 4.68 Å². The van der Waals surface area contributed by atoms with Crippen LogP contribution in [-0.2, 0) is 0 Å². The maximum absolute atomic E-state index is 12.5. The van der Waals surface area contributed by atoms with Crippen LogP contribution in [0.3, 0.4) is 0 Å². The number of carbonyl (C=O) groups excluding carboxylic acids is 1. The monoisotopic (exact) mass is 403 g/mol. The second-order valence-electron chi connectivity index (χ2n) is 4.94. The minimum absolute atomic E-state index is 0.254. The normalized spacial score (nSPS) is 10.4. The van der Waals surface area contributed by atoms with Crippen molar-refractivity contribution in [1.82, 2.24) is 20.2 Å². The van der Waals surface area contributed by atoms with E-state index < -0.39 is 0 Å². The molecule has 1 N–H and O–H groups in total. The molecule has 1 aromatic heterocycles. The highest BCUT2D eigenvalue weighted by atomic mass is 79.9. The van der Waals surface area contributed by atoms with Crippen molar-refractivity contribution in [1.29, 1.82) is 0 Å². The standard InChI is InChI=1S/C16H14BrN5O3/c1-24-14-5-3-10(7-12(14)17)16(23)19-11-4-6-15(25-2)13(8-11)22-9-18-20-21-22/h3-9H,1-2H3,(H,19,23). The number of methoxy groups -OCH3 is 2. The van der Waals surface area contributed by atoms with Gasteiger partial charge in [-0.25, -0.2) is 0 Å². The summed E-state index contributed by atoms with van der Waals surface area (Å²) in [6, 6.07) is 10.3. The molecule has 1 heterocycles. The van der Waals surface area contributed by atoms with Crippen LogP contribution in [0.1, 0.15) is 10.4 Å². The molecule has 0 aliphatic heterocycles. The summed E-state index contributed by atoms with van der Waals surface area (Å²) in [5.41, 5.74) is 1.69. The number of nitrogens with one attached hydrogen (secondary N) is 1. The zero-order valence-electron chi connectivity index (χ0n) is 13.4. The lowest BCUT2D eigenvalue weighted by Crippen LogP contribution is -2.12. The van der Waals surface area contributed by atoms with Crippen molar-refractivity contribution >= 4 is 27.5 Å². The summed E-state index contributed by atoms with van der Waals surface area (Å²) < 4.78 is 12.6. The van der Waals surface area contributed by atoms with E-state index in [1.165, 1.54) is 11.0 Å². The van der Waals surface area contributed by atoms with E-state index in [1.54, 1.807) is 50.6 Å². The number of tetrazole rings is 1. The molecule has 1 amide bonds. The lowest BCUT2D eigenvalue weighted by molar-refractivity contribution is 0.102. The molecule has 0 bridgehead atoms. The second kappa shape index (κ2) is 7.31. The Bertz CT molecular complexity index is 899. The number of aromatic nitrogens is 4. The lowest BCUT2D eigenvalue weighted by Gasteiger charge is -2.11. The van der Waals surface area contributed by atoms with Crippen LogP contribution < -0.4 is 14.8 Å². The highest BCUT2D eigenvalue weighted by Gasteiger charge is 2.12. The number of carbonyl (C=O) groups is 1. The molecule has 0 aliphatic carbocycles. The third-order valence-electron chi connectivity index (χ3n) is 3.45. The number of ether oxygens (including phenoxy) is 2. The number of amides is 1. The average Bonchev–Trinajstić information content (AvgIpc) is 3.16. The number of benzene rings is 2. The molecule has 0 saturated heterocycles. The highest BCUT2D eigenvalue weighted by molar-refractivity contribution is 9.10. The van der Waals surface area contributed by atoms with Crippen LogP contribution in [0.15, 0.2) is 47.2 Å². The fourth-order valence-corrected chi connectivity index (χ4v) is 2.77. The van der Waals surface area contributed by atoms with E-state index >= 15 is 0 Å². The average molecular weight is 404 g/mol. The van der Waals surface area contributed by atoms with Gasteiger partial charge in [-0.15, -0.1) is 5.10 Å². The highest BCUT2D eigenvalue weighted by Crippen LogP contribution is 2.28. The third-order valence-corrected chi connectivity index (χ3v) is 4.07. The Hall–Kier alpha value is -2.94. The van der Waals surface area contributed by atoms with Gasteiger partial charge in [-0.3, -0.25) is 4.79 Å². The fraction of sp³-hybridized carbons (Fsp3) is 0.125.